The molecule has 0 unspecified atom stereocenters. The molecule has 114 valence electrons. The second kappa shape index (κ2) is 5.22. The summed E-state index contributed by atoms with van der Waals surface area (Å²) in [5.74, 6) is 0.766. The van der Waals surface area contributed by atoms with Crippen molar-refractivity contribution in [1.29, 1.82) is 0 Å². The van der Waals surface area contributed by atoms with Gasteiger partial charge in [0, 0.05) is 18.8 Å². The molecule has 0 radical (unpaired) electrons. The van der Waals surface area contributed by atoms with E-state index in [1.807, 2.05) is 24.3 Å². The zero-order chi connectivity index (χ0) is 15.9. The summed E-state index contributed by atoms with van der Waals surface area (Å²) in [5.41, 5.74) is 1.94. The highest BCUT2D eigenvalue weighted by Crippen LogP contribution is 2.14. The lowest BCUT2D eigenvalue weighted by atomic mass is 10.2. The van der Waals surface area contributed by atoms with Crippen molar-refractivity contribution < 1.29 is 4.74 Å². The van der Waals surface area contributed by atoms with Gasteiger partial charge in [0.15, 0.2) is 0 Å². The molecule has 0 amide bonds. The Kier molecular flexibility index (Phi) is 3.36. The number of H-pyrrole nitrogens is 1. The number of methoxy groups -OCH3 is 1. The third kappa shape index (κ3) is 2.22. The Labute approximate surface area is 126 Å². The summed E-state index contributed by atoms with van der Waals surface area (Å²) in [4.78, 5) is 24.5. The second-order valence-corrected chi connectivity index (χ2v) is 5.27. The van der Waals surface area contributed by atoms with E-state index in [1.165, 1.54) is 10.7 Å². The maximum Gasteiger partial charge on any atom is 0.275 e. The topological polar surface area (TPSA) is 69.0 Å². The Morgan fingerprint density at radius 2 is 1.86 bits per heavy atom. The summed E-state index contributed by atoms with van der Waals surface area (Å²) in [6.07, 6.45) is 0. The molecule has 0 spiro atoms. The van der Waals surface area contributed by atoms with Crippen LogP contribution in [0.5, 0.6) is 5.75 Å². The molecule has 22 heavy (non-hydrogen) atoms. The number of hydrogen-bond acceptors (Lipinski definition) is 3. The summed E-state index contributed by atoms with van der Waals surface area (Å²) >= 11 is 0. The molecule has 6 heteroatoms. The molecule has 1 N–H and O–H groups in total. The standard InChI is InChI=1S/C16H17N3O3/c1-10-15-13(17-18(2)16(15)21)8-14(20)19(10)9-11-4-6-12(22-3)7-5-11/h4-8,17H,9H2,1-3H3. The van der Waals surface area contributed by atoms with Crippen LogP contribution in [0.25, 0.3) is 10.9 Å². The molecule has 0 saturated heterocycles. The minimum atomic E-state index is -0.136. The molecule has 0 bridgehead atoms. The molecule has 3 rings (SSSR count). The fraction of sp³-hybridized carbons (Fsp3) is 0.250. The molecular formula is C16H17N3O3. The van der Waals surface area contributed by atoms with Gasteiger partial charge in [0.1, 0.15) is 5.75 Å². The molecular weight excluding hydrogens is 282 g/mol. The van der Waals surface area contributed by atoms with Gasteiger partial charge in [0.05, 0.1) is 24.6 Å². The van der Waals surface area contributed by atoms with Crippen molar-refractivity contribution in [2.75, 3.05) is 7.11 Å². The zero-order valence-electron chi connectivity index (χ0n) is 12.7. The van der Waals surface area contributed by atoms with Crippen molar-refractivity contribution in [3.05, 3.63) is 62.3 Å². The van der Waals surface area contributed by atoms with E-state index in [2.05, 4.69) is 5.10 Å². The van der Waals surface area contributed by atoms with Crippen LogP contribution in [0.3, 0.4) is 0 Å². The van der Waals surface area contributed by atoms with Crippen LogP contribution in [0, 0.1) is 6.92 Å². The average molecular weight is 299 g/mol. The first kappa shape index (κ1) is 14.2. The predicted molar refractivity (Wildman–Crippen MR) is 84.6 cm³/mol. The summed E-state index contributed by atoms with van der Waals surface area (Å²) in [6.45, 7) is 2.21. The van der Waals surface area contributed by atoms with Gasteiger partial charge in [-0.15, -0.1) is 0 Å². The Morgan fingerprint density at radius 3 is 2.50 bits per heavy atom. The summed E-state index contributed by atoms with van der Waals surface area (Å²) in [6, 6.07) is 8.98. The van der Waals surface area contributed by atoms with E-state index in [9.17, 15) is 9.59 Å². The maximum absolute atomic E-state index is 12.3. The van der Waals surface area contributed by atoms with E-state index in [4.69, 9.17) is 4.74 Å². The molecule has 0 aliphatic rings. The Morgan fingerprint density at radius 1 is 1.18 bits per heavy atom. The van der Waals surface area contributed by atoms with E-state index < -0.39 is 0 Å². The van der Waals surface area contributed by atoms with Gasteiger partial charge in [0.2, 0.25) is 0 Å². The van der Waals surface area contributed by atoms with Crippen molar-refractivity contribution in [2.45, 2.75) is 13.5 Å². The number of nitrogens with one attached hydrogen (secondary N) is 1. The fourth-order valence-electron chi connectivity index (χ4n) is 2.64. The zero-order valence-corrected chi connectivity index (χ0v) is 12.7. The Balaban J connectivity index is 2.11. The first-order valence-electron chi connectivity index (χ1n) is 6.93. The third-order valence-electron chi connectivity index (χ3n) is 3.88. The quantitative estimate of drug-likeness (QED) is 0.794. The predicted octanol–water partition coefficient (Wildman–Crippen LogP) is 1.39. The van der Waals surface area contributed by atoms with Gasteiger partial charge in [0.25, 0.3) is 11.1 Å². The number of ether oxygens (including phenoxy) is 1. The van der Waals surface area contributed by atoms with Crippen LogP contribution in [0.4, 0.5) is 0 Å². The molecule has 0 atom stereocenters. The average Bonchev–Trinajstić information content (AvgIpc) is 2.79. The van der Waals surface area contributed by atoms with Crippen molar-refractivity contribution in [3.8, 4) is 5.75 Å². The first-order valence-corrected chi connectivity index (χ1v) is 6.93. The van der Waals surface area contributed by atoms with Crippen LogP contribution in [-0.2, 0) is 13.6 Å². The molecule has 0 aliphatic carbocycles. The molecule has 1 aromatic carbocycles. The van der Waals surface area contributed by atoms with Crippen LogP contribution in [0.2, 0.25) is 0 Å². The largest absolute Gasteiger partial charge is 0.497 e. The minimum Gasteiger partial charge on any atom is -0.497 e. The number of nitrogens with zero attached hydrogens (tertiary/aromatic N) is 2. The van der Waals surface area contributed by atoms with E-state index in [0.717, 1.165) is 11.3 Å². The summed E-state index contributed by atoms with van der Waals surface area (Å²) < 4.78 is 8.12. The third-order valence-corrected chi connectivity index (χ3v) is 3.88. The summed E-state index contributed by atoms with van der Waals surface area (Å²) in [5, 5.41) is 3.44. The van der Waals surface area contributed by atoms with Crippen LogP contribution in [-0.4, -0.2) is 21.5 Å². The van der Waals surface area contributed by atoms with Crippen LogP contribution in [0.1, 0.15) is 11.3 Å². The number of fused-ring (bicyclic) bond motifs is 1. The fourth-order valence-corrected chi connectivity index (χ4v) is 2.64. The lowest BCUT2D eigenvalue weighted by Crippen LogP contribution is -2.23. The van der Waals surface area contributed by atoms with Gasteiger partial charge >= 0.3 is 0 Å². The number of pyridine rings is 1. The molecule has 3 aromatic rings. The number of benzene rings is 1. The molecule has 0 aliphatic heterocycles. The Bertz CT molecular complexity index is 946. The van der Waals surface area contributed by atoms with Gasteiger partial charge in [-0.05, 0) is 24.6 Å². The van der Waals surface area contributed by atoms with Crippen molar-refractivity contribution in [1.82, 2.24) is 14.3 Å². The lowest BCUT2D eigenvalue weighted by molar-refractivity contribution is 0.414. The van der Waals surface area contributed by atoms with Crippen molar-refractivity contribution in [2.24, 2.45) is 7.05 Å². The van der Waals surface area contributed by atoms with Gasteiger partial charge < -0.3 is 9.30 Å². The highest BCUT2D eigenvalue weighted by atomic mass is 16.5. The highest BCUT2D eigenvalue weighted by Gasteiger charge is 2.13. The molecule has 0 saturated carbocycles. The van der Waals surface area contributed by atoms with E-state index in [1.54, 1.807) is 25.6 Å². The number of aromatic nitrogens is 3. The normalized spacial score (nSPS) is 11.0. The molecule has 0 fully saturated rings. The van der Waals surface area contributed by atoms with Crippen LogP contribution < -0.4 is 15.9 Å². The maximum atomic E-state index is 12.3. The number of hydrogen-bond donors (Lipinski definition) is 1. The molecule has 2 heterocycles. The number of rotatable bonds is 3. The minimum absolute atomic E-state index is 0.129. The smallest absolute Gasteiger partial charge is 0.275 e. The molecule has 2 aromatic heterocycles. The van der Waals surface area contributed by atoms with Gasteiger partial charge in [-0.25, -0.2) is 0 Å². The number of aryl methyl sites for hydroxylation is 2. The van der Waals surface area contributed by atoms with E-state index in [-0.39, 0.29) is 11.1 Å². The summed E-state index contributed by atoms with van der Waals surface area (Å²) in [7, 11) is 3.25. The van der Waals surface area contributed by atoms with Gasteiger partial charge in [-0.3, -0.25) is 19.4 Å². The lowest BCUT2D eigenvalue weighted by Gasteiger charge is -2.10. The monoisotopic (exact) mass is 299 g/mol. The van der Waals surface area contributed by atoms with Gasteiger partial charge in [-0.2, -0.15) is 0 Å². The first-order chi connectivity index (χ1) is 10.5. The van der Waals surface area contributed by atoms with Crippen molar-refractivity contribution >= 4 is 10.9 Å². The second-order valence-electron chi connectivity index (χ2n) is 5.27. The van der Waals surface area contributed by atoms with E-state index in [0.29, 0.717) is 23.1 Å². The molecule has 6 nitrogen and oxygen atoms in total. The van der Waals surface area contributed by atoms with Crippen LogP contribution >= 0.6 is 0 Å². The van der Waals surface area contributed by atoms with Crippen molar-refractivity contribution in [3.63, 3.8) is 0 Å². The number of aromatic amines is 1. The SMILES string of the molecule is COc1ccc(Cn2c(C)c3c(=O)n(C)[nH]c3cc2=O)cc1. The van der Waals surface area contributed by atoms with E-state index >= 15 is 0 Å². The van der Waals surface area contributed by atoms with Crippen LogP contribution in [0.15, 0.2) is 39.9 Å². The highest BCUT2D eigenvalue weighted by molar-refractivity contribution is 5.79. The van der Waals surface area contributed by atoms with Gasteiger partial charge in [-0.1, -0.05) is 12.1 Å². The Hall–Kier alpha value is -2.76.